The van der Waals surface area contributed by atoms with E-state index in [9.17, 15) is 0 Å². The molecule has 0 amide bonds. The van der Waals surface area contributed by atoms with Gasteiger partial charge in [-0.05, 0) is 5.56 Å². The van der Waals surface area contributed by atoms with Crippen molar-refractivity contribution in [1.82, 2.24) is 9.80 Å². The molecule has 1 rings (SSSR count). The number of benzene rings is 1. The minimum atomic E-state index is 0. The molecule has 0 unspecified atom stereocenters. The molecule has 0 atom stereocenters. The van der Waals surface area contributed by atoms with E-state index in [4.69, 9.17) is 11.1 Å². The Labute approximate surface area is 114 Å². The van der Waals surface area contributed by atoms with E-state index in [-0.39, 0.29) is 18.4 Å². The summed E-state index contributed by atoms with van der Waals surface area (Å²) in [6.45, 7) is 0.677. The number of guanidine groups is 2. The predicted molar refractivity (Wildman–Crippen MR) is 78.2 cm³/mol. The van der Waals surface area contributed by atoms with E-state index in [1.165, 1.54) is 0 Å². The van der Waals surface area contributed by atoms with Crippen LogP contribution >= 0.6 is 12.4 Å². The Morgan fingerprint density at radius 1 is 1.22 bits per heavy atom. The number of rotatable bonds is 2. The van der Waals surface area contributed by atoms with Crippen molar-refractivity contribution in [2.24, 2.45) is 10.7 Å². The van der Waals surface area contributed by atoms with E-state index in [2.05, 4.69) is 4.99 Å². The van der Waals surface area contributed by atoms with Gasteiger partial charge in [0.2, 0.25) is 5.96 Å². The van der Waals surface area contributed by atoms with E-state index < -0.39 is 0 Å². The molecule has 0 radical (unpaired) electrons. The molecule has 1 aromatic rings. The van der Waals surface area contributed by atoms with Gasteiger partial charge >= 0.3 is 0 Å². The summed E-state index contributed by atoms with van der Waals surface area (Å²) >= 11 is 0. The molecule has 0 aliphatic heterocycles. The van der Waals surface area contributed by atoms with Crippen LogP contribution < -0.4 is 5.73 Å². The Morgan fingerprint density at radius 3 is 2.28 bits per heavy atom. The van der Waals surface area contributed by atoms with E-state index >= 15 is 0 Å². The van der Waals surface area contributed by atoms with Gasteiger partial charge in [-0.25, -0.2) is 0 Å². The first-order chi connectivity index (χ1) is 8.00. The first-order valence-corrected chi connectivity index (χ1v) is 5.36. The van der Waals surface area contributed by atoms with Gasteiger partial charge in [-0.1, -0.05) is 30.3 Å². The van der Waals surface area contributed by atoms with Crippen molar-refractivity contribution < 1.29 is 0 Å². The Hall–Kier alpha value is -1.75. The predicted octanol–water partition coefficient (Wildman–Crippen LogP) is 1.35. The second-order valence-corrected chi connectivity index (χ2v) is 4.03. The SMILES string of the molecule is CN(C)C(=N)/N=C(\N)N(C)Cc1ccccc1.Cl. The Bertz CT molecular complexity index is 402. The van der Waals surface area contributed by atoms with E-state index in [1.807, 2.05) is 42.3 Å². The lowest BCUT2D eigenvalue weighted by molar-refractivity contribution is 0.493. The van der Waals surface area contributed by atoms with Gasteiger partial charge < -0.3 is 15.5 Å². The maximum Gasteiger partial charge on any atom is 0.220 e. The number of aliphatic imine (C=N–C) groups is 1. The van der Waals surface area contributed by atoms with Crippen molar-refractivity contribution in [3.05, 3.63) is 35.9 Å². The molecule has 18 heavy (non-hydrogen) atoms. The fourth-order valence-electron chi connectivity index (χ4n) is 1.23. The number of nitrogens with zero attached hydrogens (tertiary/aromatic N) is 3. The number of nitrogens with one attached hydrogen (secondary N) is 1. The lowest BCUT2D eigenvalue weighted by atomic mass is 10.2. The third-order valence-electron chi connectivity index (χ3n) is 2.30. The maximum absolute atomic E-state index is 7.58. The third kappa shape index (κ3) is 5.05. The van der Waals surface area contributed by atoms with Gasteiger partial charge in [0.05, 0.1) is 0 Å². The van der Waals surface area contributed by atoms with Crippen molar-refractivity contribution >= 4 is 24.3 Å². The molecular formula is C12H20ClN5. The van der Waals surface area contributed by atoms with Gasteiger partial charge in [0.1, 0.15) is 0 Å². The van der Waals surface area contributed by atoms with Crippen LogP contribution in [0.4, 0.5) is 0 Å². The second-order valence-electron chi connectivity index (χ2n) is 4.03. The van der Waals surface area contributed by atoms with Crippen LogP contribution in [-0.2, 0) is 6.54 Å². The molecule has 0 saturated heterocycles. The number of halogens is 1. The zero-order valence-corrected chi connectivity index (χ0v) is 11.7. The average molecular weight is 270 g/mol. The van der Waals surface area contributed by atoms with E-state index in [0.717, 1.165) is 5.56 Å². The molecule has 0 fully saturated rings. The standard InChI is InChI=1S/C12H19N5.ClH/c1-16(2)11(13)15-12(14)17(3)9-10-7-5-4-6-8-10;/h4-8H,9H2,1-3H3,(H3,13,14,15);1H. The molecule has 6 heteroatoms. The quantitative estimate of drug-likeness (QED) is 0.629. The Balaban J connectivity index is 0.00000289. The lowest BCUT2D eigenvalue weighted by Gasteiger charge is -2.19. The van der Waals surface area contributed by atoms with E-state index in [0.29, 0.717) is 12.5 Å². The highest BCUT2D eigenvalue weighted by atomic mass is 35.5. The van der Waals surface area contributed by atoms with Crippen LogP contribution in [-0.4, -0.2) is 42.9 Å². The Morgan fingerprint density at radius 2 is 1.78 bits per heavy atom. The molecular weight excluding hydrogens is 250 g/mol. The third-order valence-corrected chi connectivity index (χ3v) is 2.30. The summed E-state index contributed by atoms with van der Waals surface area (Å²) < 4.78 is 0. The summed E-state index contributed by atoms with van der Waals surface area (Å²) in [5.41, 5.74) is 6.97. The first-order valence-electron chi connectivity index (χ1n) is 5.36. The molecule has 0 bridgehead atoms. The number of hydrogen-bond acceptors (Lipinski definition) is 1. The molecule has 0 aliphatic rings. The summed E-state index contributed by atoms with van der Waals surface area (Å²) in [5, 5.41) is 7.58. The summed E-state index contributed by atoms with van der Waals surface area (Å²) in [6.07, 6.45) is 0. The Kier molecular flexibility index (Phi) is 6.82. The fourth-order valence-corrected chi connectivity index (χ4v) is 1.23. The minimum Gasteiger partial charge on any atom is -0.369 e. The van der Waals surface area contributed by atoms with Crippen molar-refractivity contribution in [2.45, 2.75) is 6.54 Å². The number of hydrogen-bond donors (Lipinski definition) is 2. The summed E-state index contributed by atoms with van der Waals surface area (Å²) in [4.78, 5) is 7.42. The van der Waals surface area contributed by atoms with Gasteiger partial charge in [0.15, 0.2) is 5.96 Å². The molecule has 0 aliphatic carbocycles. The first kappa shape index (κ1) is 16.2. The van der Waals surface area contributed by atoms with Crippen LogP contribution in [0.25, 0.3) is 0 Å². The van der Waals surface area contributed by atoms with Crippen LogP contribution in [0.2, 0.25) is 0 Å². The zero-order valence-electron chi connectivity index (χ0n) is 10.9. The summed E-state index contributed by atoms with van der Waals surface area (Å²) in [6, 6.07) is 10.0. The normalized spacial score (nSPS) is 10.5. The second kappa shape index (κ2) is 7.55. The monoisotopic (exact) mass is 269 g/mol. The van der Waals surface area contributed by atoms with Crippen LogP contribution in [0.3, 0.4) is 0 Å². The smallest absolute Gasteiger partial charge is 0.220 e. The largest absolute Gasteiger partial charge is 0.369 e. The van der Waals surface area contributed by atoms with Gasteiger partial charge in [0.25, 0.3) is 0 Å². The minimum absolute atomic E-state index is 0. The molecule has 100 valence electrons. The molecule has 0 spiro atoms. The van der Waals surface area contributed by atoms with Gasteiger partial charge in [-0.3, -0.25) is 5.41 Å². The van der Waals surface area contributed by atoms with Crippen molar-refractivity contribution in [3.63, 3.8) is 0 Å². The van der Waals surface area contributed by atoms with Gasteiger partial charge in [0, 0.05) is 27.7 Å². The van der Waals surface area contributed by atoms with Crippen LogP contribution in [0.5, 0.6) is 0 Å². The lowest BCUT2D eigenvalue weighted by Crippen LogP contribution is -2.35. The molecule has 5 nitrogen and oxygen atoms in total. The molecule has 0 heterocycles. The zero-order chi connectivity index (χ0) is 12.8. The highest BCUT2D eigenvalue weighted by Gasteiger charge is 2.05. The van der Waals surface area contributed by atoms with Crippen molar-refractivity contribution in [1.29, 1.82) is 5.41 Å². The van der Waals surface area contributed by atoms with Crippen LogP contribution in [0, 0.1) is 5.41 Å². The fraction of sp³-hybridized carbons (Fsp3) is 0.333. The number of nitrogens with two attached hydrogens (primary N) is 1. The van der Waals surface area contributed by atoms with Gasteiger partial charge in [-0.2, -0.15) is 4.99 Å². The summed E-state index contributed by atoms with van der Waals surface area (Å²) in [5.74, 6) is 0.481. The molecule has 3 N–H and O–H groups in total. The van der Waals surface area contributed by atoms with Crippen molar-refractivity contribution in [2.75, 3.05) is 21.1 Å². The van der Waals surface area contributed by atoms with Crippen LogP contribution in [0.15, 0.2) is 35.3 Å². The van der Waals surface area contributed by atoms with Gasteiger partial charge in [-0.15, -0.1) is 12.4 Å². The highest BCUT2D eigenvalue weighted by molar-refractivity contribution is 5.92. The van der Waals surface area contributed by atoms with Crippen LogP contribution in [0.1, 0.15) is 5.56 Å². The highest BCUT2D eigenvalue weighted by Crippen LogP contribution is 2.02. The van der Waals surface area contributed by atoms with E-state index in [1.54, 1.807) is 19.0 Å². The molecule has 0 aromatic heterocycles. The topological polar surface area (TPSA) is 68.7 Å². The van der Waals surface area contributed by atoms with Crippen molar-refractivity contribution in [3.8, 4) is 0 Å². The summed E-state index contributed by atoms with van der Waals surface area (Å²) in [7, 11) is 5.38. The molecule has 0 saturated carbocycles. The average Bonchev–Trinajstić information content (AvgIpc) is 2.29. The molecule has 1 aromatic carbocycles. The maximum atomic E-state index is 7.58.